The number of hydrogen-bond acceptors (Lipinski definition) is 4. The molecule has 0 spiro atoms. The molecular formula is C19H21NO4. The van der Waals surface area contributed by atoms with E-state index in [1.165, 1.54) is 0 Å². The van der Waals surface area contributed by atoms with Crippen molar-refractivity contribution >= 4 is 5.91 Å². The largest absolute Gasteiger partial charge is 0.494 e. The third-order valence-corrected chi connectivity index (χ3v) is 3.65. The molecule has 126 valence electrons. The second-order valence-electron chi connectivity index (χ2n) is 5.57. The normalized spacial score (nSPS) is 15.6. The molecule has 5 nitrogen and oxygen atoms in total. The molecule has 1 heterocycles. The lowest BCUT2D eigenvalue weighted by Crippen LogP contribution is -2.40. The van der Waals surface area contributed by atoms with Crippen LogP contribution in [0.25, 0.3) is 0 Å². The van der Waals surface area contributed by atoms with E-state index in [-0.39, 0.29) is 12.0 Å². The number of ether oxygens (including phenoxy) is 3. The van der Waals surface area contributed by atoms with Gasteiger partial charge in [0.05, 0.1) is 13.2 Å². The molecule has 1 N–H and O–H groups in total. The van der Waals surface area contributed by atoms with Gasteiger partial charge in [0.1, 0.15) is 18.5 Å². The van der Waals surface area contributed by atoms with E-state index in [9.17, 15) is 4.79 Å². The summed E-state index contributed by atoms with van der Waals surface area (Å²) in [6.07, 6.45) is 0.937. The Labute approximate surface area is 141 Å². The van der Waals surface area contributed by atoms with Gasteiger partial charge < -0.3 is 19.5 Å². The molecule has 0 unspecified atom stereocenters. The first-order valence-corrected chi connectivity index (χ1v) is 8.14. The molecule has 0 aromatic heterocycles. The number of carbonyl (C=O) groups excluding carboxylic acids is 1. The van der Waals surface area contributed by atoms with E-state index in [1.807, 2.05) is 54.6 Å². The highest BCUT2D eigenvalue weighted by Gasteiger charge is 2.20. The molecule has 2 aromatic rings. The molecule has 2 aromatic carbocycles. The number of hydrogen-bond donors (Lipinski definition) is 1. The van der Waals surface area contributed by atoms with E-state index in [1.54, 1.807) is 0 Å². The highest BCUT2D eigenvalue weighted by atomic mass is 16.6. The summed E-state index contributed by atoms with van der Waals surface area (Å²) in [4.78, 5) is 11.9. The van der Waals surface area contributed by atoms with E-state index in [2.05, 4.69) is 5.32 Å². The Morgan fingerprint density at radius 1 is 1.08 bits per heavy atom. The number of amides is 1. The van der Waals surface area contributed by atoms with Crippen LogP contribution in [0.4, 0.5) is 0 Å². The Bertz CT molecular complexity index is 659. The maximum Gasteiger partial charge on any atom is 0.220 e. The van der Waals surface area contributed by atoms with Gasteiger partial charge in [0.2, 0.25) is 5.91 Å². The Morgan fingerprint density at radius 2 is 1.83 bits per heavy atom. The lowest BCUT2D eigenvalue weighted by atomic mass is 10.2. The van der Waals surface area contributed by atoms with E-state index < -0.39 is 0 Å². The molecular weight excluding hydrogens is 306 g/mol. The van der Waals surface area contributed by atoms with E-state index in [0.29, 0.717) is 32.6 Å². The Kier molecular flexibility index (Phi) is 5.56. The fraction of sp³-hybridized carbons (Fsp3) is 0.316. The molecule has 1 amide bonds. The van der Waals surface area contributed by atoms with Gasteiger partial charge in [0, 0.05) is 6.42 Å². The van der Waals surface area contributed by atoms with Gasteiger partial charge in [-0.2, -0.15) is 0 Å². The standard InChI is InChI=1S/C19H21NO4/c21-19(11-6-12-22-15-7-2-1-3-8-15)20-13-16-14-23-17-9-4-5-10-18(17)24-16/h1-5,7-10,16H,6,11-14H2,(H,20,21)/t16-/m1/s1. The predicted molar refractivity (Wildman–Crippen MR) is 90.5 cm³/mol. The highest BCUT2D eigenvalue weighted by molar-refractivity contribution is 5.75. The second-order valence-corrected chi connectivity index (χ2v) is 5.57. The summed E-state index contributed by atoms with van der Waals surface area (Å²) in [6.45, 7) is 1.40. The molecule has 0 fully saturated rings. The van der Waals surface area contributed by atoms with Crippen LogP contribution in [0, 0.1) is 0 Å². The van der Waals surface area contributed by atoms with Gasteiger partial charge in [-0.1, -0.05) is 30.3 Å². The van der Waals surface area contributed by atoms with Gasteiger partial charge >= 0.3 is 0 Å². The van der Waals surface area contributed by atoms with E-state index in [0.717, 1.165) is 17.2 Å². The summed E-state index contributed by atoms with van der Waals surface area (Å²) in [5.74, 6) is 2.29. The number of nitrogens with one attached hydrogen (secondary N) is 1. The van der Waals surface area contributed by atoms with Crippen LogP contribution in [0.2, 0.25) is 0 Å². The van der Waals surface area contributed by atoms with Crippen molar-refractivity contribution in [1.29, 1.82) is 0 Å². The highest BCUT2D eigenvalue weighted by Crippen LogP contribution is 2.30. The van der Waals surface area contributed by atoms with Gasteiger partial charge in [0.15, 0.2) is 11.5 Å². The average molecular weight is 327 g/mol. The Morgan fingerprint density at radius 3 is 2.67 bits per heavy atom. The van der Waals surface area contributed by atoms with Crippen LogP contribution in [0.15, 0.2) is 54.6 Å². The molecule has 1 aliphatic heterocycles. The Hall–Kier alpha value is -2.69. The number of rotatable bonds is 7. The molecule has 1 aliphatic rings. The summed E-state index contributed by atoms with van der Waals surface area (Å²) in [7, 11) is 0. The number of para-hydroxylation sites is 3. The lowest BCUT2D eigenvalue weighted by Gasteiger charge is -2.26. The summed E-state index contributed by atoms with van der Waals surface area (Å²) in [5, 5.41) is 2.88. The molecule has 24 heavy (non-hydrogen) atoms. The summed E-state index contributed by atoms with van der Waals surface area (Å²) in [6, 6.07) is 17.1. The molecule has 0 aliphatic carbocycles. The quantitative estimate of drug-likeness (QED) is 0.795. The monoisotopic (exact) mass is 327 g/mol. The second kappa shape index (κ2) is 8.24. The maximum atomic E-state index is 11.9. The smallest absolute Gasteiger partial charge is 0.220 e. The van der Waals surface area contributed by atoms with Gasteiger partial charge in [-0.3, -0.25) is 4.79 Å². The van der Waals surface area contributed by atoms with Crippen LogP contribution >= 0.6 is 0 Å². The zero-order valence-corrected chi connectivity index (χ0v) is 13.4. The first kappa shape index (κ1) is 16.2. The van der Waals surface area contributed by atoms with E-state index >= 15 is 0 Å². The maximum absolute atomic E-state index is 11.9. The van der Waals surface area contributed by atoms with Crippen molar-refractivity contribution in [1.82, 2.24) is 5.32 Å². The van der Waals surface area contributed by atoms with Gasteiger partial charge in [-0.25, -0.2) is 0 Å². The van der Waals surface area contributed by atoms with Crippen molar-refractivity contribution in [2.24, 2.45) is 0 Å². The minimum absolute atomic E-state index is 0.00544. The topological polar surface area (TPSA) is 56.8 Å². The van der Waals surface area contributed by atoms with Gasteiger partial charge in [-0.05, 0) is 30.7 Å². The molecule has 3 rings (SSSR count). The van der Waals surface area contributed by atoms with Crippen molar-refractivity contribution < 1.29 is 19.0 Å². The first-order valence-electron chi connectivity index (χ1n) is 8.14. The minimum atomic E-state index is -0.163. The predicted octanol–water partition coefficient (Wildman–Crippen LogP) is 2.80. The SMILES string of the molecule is O=C(CCCOc1ccccc1)NC[C@@H]1COc2ccccc2O1. The van der Waals surface area contributed by atoms with Crippen LogP contribution in [0.1, 0.15) is 12.8 Å². The summed E-state index contributed by atoms with van der Waals surface area (Å²) >= 11 is 0. The number of fused-ring (bicyclic) bond motifs is 1. The van der Waals surface area contributed by atoms with Crippen molar-refractivity contribution in [3.05, 3.63) is 54.6 Å². The molecule has 5 heteroatoms. The van der Waals surface area contributed by atoms with Crippen LogP contribution < -0.4 is 19.5 Å². The van der Waals surface area contributed by atoms with Gasteiger partial charge in [0.25, 0.3) is 0 Å². The fourth-order valence-electron chi connectivity index (χ4n) is 2.42. The molecule has 0 saturated carbocycles. The fourth-order valence-corrected chi connectivity index (χ4v) is 2.42. The van der Waals surface area contributed by atoms with E-state index in [4.69, 9.17) is 14.2 Å². The third-order valence-electron chi connectivity index (χ3n) is 3.65. The van der Waals surface area contributed by atoms with Gasteiger partial charge in [-0.15, -0.1) is 0 Å². The van der Waals surface area contributed by atoms with Crippen molar-refractivity contribution in [2.75, 3.05) is 19.8 Å². The molecule has 1 atom stereocenters. The zero-order valence-electron chi connectivity index (χ0n) is 13.4. The van der Waals surface area contributed by atoms with Crippen LogP contribution in [-0.4, -0.2) is 31.8 Å². The van der Waals surface area contributed by atoms with Crippen LogP contribution in [0.5, 0.6) is 17.2 Å². The van der Waals surface area contributed by atoms with Crippen molar-refractivity contribution in [3.63, 3.8) is 0 Å². The Balaban J connectivity index is 1.32. The van der Waals surface area contributed by atoms with Crippen molar-refractivity contribution in [3.8, 4) is 17.2 Å². The average Bonchev–Trinajstić information content (AvgIpc) is 2.64. The molecule has 0 radical (unpaired) electrons. The summed E-state index contributed by atoms with van der Waals surface area (Å²) < 4.78 is 17.0. The van der Waals surface area contributed by atoms with Crippen LogP contribution in [-0.2, 0) is 4.79 Å². The number of carbonyl (C=O) groups is 1. The zero-order chi connectivity index (χ0) is 16.6. The first-order chi connectivity index (χ1) is 11.8. The van der Waals surface area contributed by atoms with Crippen LogP contribution in [0.3, 0.4) is 0 Å². The summed E-state index contributed by atoms with van der Waals surface area (Å²) in [5.41, 5.74) is 0. The minimum Gasteiger partial charge on any atom is -0.494 e. The number of benzene rings is 2. The molecule has 0 saturated heterocycles. The lowest BCUT2D eigenvalue weighted by molar-refractivity contribution is -0.121. The van der Waals surface area contributed by atoms with Crippen molar-refractivity contribution in [2.45, 2.75) is 18.9 Å². The molecule has 0 bridgehead atoms. The third kappa shape index (κ3) is 4.65.